The van der Waals surface area contributed by atoms with Crippen LogP contribution in [-0.4, -0.2) is 47.3 Å². The number of benzene rings is 1. The van der Waals surface area contributed by atoms with Crippen LogP contribution in [0.1, 0.15) is 5.56 Å². The van der Waals surface area contributed by atoms with Crippen molar-refractivity contribution in [3.63, 3.8) is 0 Å². The second-order valence-electron chi connectivity index (χ2n) is 3.60. The Kier molecular flexibility index (Phi) is 5.59. The van der Waals surface area contributed by atoms with Crippen molar-refractivity contribution < 1.29 is 19.4 Å². The molecule has 0 atom stereocenters. The molecular formula is C12H16FNO3. The molecule has 1 amide bonds. The molecule has 0 spiro atoms. The normalized spacial score (nSPS) is 10.3. The van der Waals surface area contributed by atoms with Gasteiger partial charge in [-0.1, -0.05) is 18.2 Å². The first-order valence-electron chi connectivity index (χ1n) is 5.42. The van der Waals surface area contributed by atoms with Gasteiger partial charge < -0.3 is 15.1 Å². The Labute approximate surface area is 99.3 Å². The van der Waals surface area contributed by atoms with E-state index in [0.717, 1.165) is 0 Å². The van der Waals surface area contributed by atoms with Crippen molar-refractivity contribution >= 4 is 5.91 Å². The summed E-state index contributed by atoms with van der Waals surface area (Å²) in [6, 6.07) is 6.06. The van der Waals surface area contributed by atoms with Gasteiger partial charge in [0.05, 0.1) is 19.6 Å². The van der Waals surface area contributed by atoms with Crippen LogP contribution in [0.25, 0.3) is 0 Å². The van der Waals surface area contributed by atoms with E-state index in [0.29, 0.717) is 5.56 Å². The van der Waals surface area contributed by atoms with Gasteiger partial charge in [0.2, 0.25) is 5.91 Å². The Balaban J connectivity index is 2.66. The van der Waals surface area contributed by atoms with E-state index in [9.17, 15) is 9.18 Å². The molecule has 0 aliphatic heterocycles. The maximum Gasteiger partial charge on any atom is 0.227 e. The summed E-state index contributed by atoms with van der Waals surface area (Å²) in [6.07, 6.45) is -0.0628. The molecule has 0 bridgehead atoms. The summed E-state index contributed by atoms with van der Waals surface area (Å²) in [5.74, 6) is -0.730. The van der Waals surface area contributed by atoms with E-state index in [-0.39, 0.29) is 38.6 Å². The molecule has 0 aliphatic rings. The fraction of sp³-hybridized carbons (Fsp3) is 0.417. The molecule has 0 aliphatic carbocycles. The molecule has 2 N–H and O–H groups in total. The molecule has 1 aromatic rings. The molecule has 0 aromatic heterocycles. The van der Waals surface area contributed by atoms with E-state index in [1.54, 1.807) is 18.2 Å². The van der Waals surface area contributed by atoms with Gasteiger partial charge in [0, 0.05) is 13.1 Å². The number of nitrogens with zero attached hydrogens (tertiary/aromatic N) is 1. The van der Waals surface area contributed by atoms with Crippen molar-refractivity contribution in [1.29, 1.82) is 0 Å². The van der Waals surface area contributed by atoms with Gasteiger partial charge in [0.15, 0.2) is 0 Å². The number of carbonyl (C=O) groups excluding carboxylic acids is 1. The molecule has 94 valence electrons. The molecule has 17 heavy (non-hydrogen) atoms. The number of aliphatic hydroxyl groups is 2. The molecule has 0 saturated carbocycles. The second kappa shape index (κ2) is 6.98. The lowest BCUT2D eigenvalue weighted by Crippen LogP contribution is -2.37. The molecular weight excluding hydrogens is 225 g/mol. The minimum absolute atomic E-state index is 0.0628. The first kappa shape index (κ1) is 13.6. The van der Waals surface area contributed by atoms with Gasteiger partial charge in [-0.2, -0.15) is 0 Å². The summed E-state index contributed by atoms with van der Waals surface area (Å²) < 4.78 is 13.3. The van der Waals surface area contributed by atoms with Gasteiger partial charge in [-0.05, 0) is 11.6 Å². The Morgan fingerprint density at radius 2 is 1.76 bits per heavy atom. The van der Waals surface area contributed by atoms with Crippen LogP contribution in [0.5, 0.6) is 0 Å². The third-order valence-corrected chi connectivity index (χ3v) is 2.39. The Hall–Kier alpha value is -1.46. The minimum Gasteiger partial charge on any atom is -0.395 e. The summed E-state index contributed by atoms with van der Waals surface area (Å²) in [4.78, 5) is 13.1. The topological polar surface area (TPSA) is 60.8 Å². The lowest BCUT2D eigenvalue weighted by molar-refractivity contribution is -0.131. The van der Waals surface area contributed by atoms with E-state index in [2.05, 4.69) is 0 Å². The smallest absolute Gasteiger partial charge is 0.227 e. The van der Waals surface area contributed by atoms with Gasteiger partial charge in [-0.25, -0.2) is 4.39 Å². The van der Waals surface area contributed by atoms with Crippen LogP contribution in [0.3, 0.4) is 0 Å². The highest BCUT2D eigenvalue weighted by Gasteiger charge is 2.14. The van der Waals surface area contributed by atoms with Gasteiger partial charge >= 0.3 is 0 Å². The van der Waals surface area contributed by atoms with Crippen LogP contribution in [0.15, 0.2) is 24.3 Å². The van der Waals surface area contributed by atoms with Crippen molar-refractivity contribution in [3.8, 4) is 0 Å². The van der Waals surface area contributed by atoms with Crippen LogP contribution in [0.4, 0.5) is 4.39 Å². The van der Waals surface area contributed by atoms with Gasteiger partial charge in [-0.3, -0.25) is 4.79 Å². The van der Waals surface area contributed by atoms with E-state index >= 15 is 0 Å². The number of hydrogen-bond acceptors (Lipinski definition) is 3. The fourth-order valence-electron chi connectivity index (χ4n) is 1.52. The molecule has 5 heteroatoms. The predicted octanol–water partition coefficient (Wildman–Crippen LogP) is 0.181. The van der Waals surface area contributed by atoms with E-state index in [1.807, 2.05) is 0 Å². The zero-order valence-electron chi connectivity index (χ0n) is 9.47. The zero-order valence-corrected chi connectivity index (χ0v) is 9.47. The molecule has 0 saturated heterocycles. The average Bonchev–Trinajstić information content (AvgIpc) is 2.32. The first-order chi connectivity index (χ1) is 8.19. The van der Waals surface area contributed by atoms with Gasteiger partial charge in [0.1, 0.15) is 5.82 Å². The highest BCUT2D eigenvalue weighted by Crippen LogP contribution is 2.08. The fourth-order valence-corrected chi connectivity index (χ4v) is 1.52. The molecule has 0 fully saturated rings. The highest BCUT2D eigenvalue weighted by molar-refractivity contribution is 5.78. The Morgan fingerprint density at radius 3 is 2.29 bits per heavy atom. The third kappa shape index (κ3) is 4.13. The third-order valence-electron chi connectivity index (χ3n) is 2.39. The molecule has 1 rings (SSSR count). The summed E-state index contributed by atoms with van der Waals surface area (Å²) in [6.45, 7) is -0.0618. The number of aliphatic hydroxyl groups excluding tert-OH is 2. The van der Waals surface area contributed by atoms with Crippen molar-refractivity contribution in [1.82, 2.24) is 4.90 Å². The second-order valence-corrected chi connectivity index (χ2v) is 3.60. The largest absolute Gasteiger partial charge is 0.395 e. The van der Waals surface area contributed by atoms with Crippen LogP contribution < -0.4 is 0 Å². The summed E-state index contributed by atoms with van der Waals surface area (Å²) in [5, 5.41) is 17.6. The minimum atomic E-state index is -0.422. The monoisotopic (exact) mass is 241 g/mol. The van der Waals surface area contributed by atoms with Crippen LogP contribution in [-0.2, 0) is 11.2 Å². The van der Waals surface area contributed by atoms with Crippen LogP contribution >= 0.6 is 0 Å². The van der Waals surface area contributed by atoms with Crippen molar-refractivity contribution in [2.45, 2.75) is 6.42 Å². The van der Waals surface area contributed by atoms with Crippen LogP contribution in [0.2, 0.25) is 0 Å². The number of rotatable bonds is 6. The van der Waals surface area contributed by atoms with Crippen molar-refractivity contribution in [2.75, 3.05) is 26.3 Å². The molecule has 0 unspecified atom stereocenters. The molecule has 1 aromatic carbocycles. The quantitative estimate of drug-likeness (QED) is 0.747. The number of hydrogen-bond donors (Lipinski definition) is 2. The summed E-state index contributed by atoms with van der Waals surface area (Å²) in [7, 11) is 0. The van der Waals surface area contributed by atoms with E-state index in [1.165, 1.54) is 11.0 Å². The predicted molar refractivity (Wildman–Crippen MR) is 60.9 cm³/mol. The first-order valence-corrected chi connectivity index (χ1v) is 5.42. The van der Waals surface area contributed by atoms with E-state index < -0.39 is 5.82 Å². The summed E-state index contributed by atoms with van der Waals surface area (Å²) >= 11 is 0. The van der Waals surface area contributed by atoms with Crippen molar-refractivity contribution in [2.24, 2.45) is 0 Å². The lowest BCUT2D eigenvalue weighted by atomic mass is 10.1. The van der Waals surface area contributed by atoms with Crippen LogP contribution in [0, 0.1) is 5.82 Å². The average molecular weight is 241 g/mol. The van der Waals surface area contributed by atoms with E-state index in [4.69, 9.17) is 10.2 Å². The van der Waals surface area contributed by atoms with Gasteiger partial charge in [-0.15, -0.1) is 0 Å². The number of amides is 1. The Morgan fingerprint density at radius 1 is 1.18 bits per heavy atom. The highest BCUT2D eigenvalue weighted by atomic mass is 19.1. The summed E-state index contributed by atoms with van der Waals surface area (Å²) in [5.41, 5.74) is 0.318. The Bertz CT molecular complexity index is 365. The number of carbonyl (C=O) groups is 1. The number of halogens is 1. The maximum absolute atomic E-state index is 13.3. The maximum atomic E-state index is 13.3. The lowest BCUT2D eigenvalue weighted by Gasteiger charge is -2.20. The molecule has 4 nitrogen and oxygen atoms in total. The standard InChI is InChI=1S/C12H16FNO3/c13-11-4-2-1-3-10(11)9-12(17)14(5-7-15)6-8-16/h1-4,15-16H,5-9H2. The molecule has 0 heterocycles. The SMILES string of the molecule is O=C(Cc1ccccc1F)N(CCO)CCO. The molecule has 0 radical (unpaired) electrons. The zero-order chi connectivity index (χ0) is 12.7. The van der Waals surface area contributed by atoms with Gasteiger partial charge in [0.25, 0.3) is 0 Å². The van der Waals surface area contributed by atoms with Crippen molar-refractivity contribution in [3.05, 3.63) is 35.6 Å².